The average molecular weight is 253 g/mol. The molecule has 3 nitrogen and oxygen atoms in total. The quantitative estimate of drug-likeness (QED) is 0.874. The summed E-state index contributed by atoms with van der Waals surface area (Å²) in [5, 5.41) is 6.98. The molecule has 2 rings (SSSR count). The van der Waals surface area contributed by atoms with Crippen molar-refractivity contribution in [2.75, 3.05) is 26.7 Å². The highest BCUT2D eigenvalue weighted by atomic mass is 32.1. The highest BCUT2D eigenvalue weighted by Crippen LogP contribution is 2.20. The van der Waals surface area contributed by atoms with Crippen LogP contribution in [0.25, 0.3) is 0 Å². The van der Waals surface area contributed by atoms with E-state index in [9.17, 15) is 0 Å². The van der Waals surface area contributed by atoms with Gasteiger partial charge in [-0.05, 0) is 45.3 Å². The largest absolute Gasteiger partial charge is 0.308 e. The van der Waals surface area contributed by atoms with Crippen molar-refractivity contribution in [1.82, 2.24) is 15.2 Å². The number of piperidine rings is 1. The highest BCUT2D eigenvalue weighted by molar-refractivity contribution is 7.09. The smallest absolute Gasteiger partial charge is 0.109 e. The maximum absolute atomic E-state index is 4.41. The van der Waals surface area contributed by atoms with Gasteiger partial charge in [0.1, 0.15) is 5.01 Å². The first-order valence-electron chi connectivity index (χ1n) is 6.61. The zero-order chi connectivity index (χ0) is 12.1. The fraction of sp³-hybridized carbons (Fsp3) is 0.769. The van der Waals surface area contributed by atoms with Gasteiger partial charge in [-0.2, -0.15) is 0 Å². The summed E-state index contributed by atoms with van der Waals surface area (Å²) < 4.78 is 0. The molecule has 2 atom stereocenters. The molecule has 1 aromatic heterocycles. The molecule has 1 saturated heterocycles. The predicted molar refractivity (Wildman–Crippen MR) is 73.4 cm³/mol. The van der Waals surface area contributed by atoms with Crippen molar-refractivity contribution >= 4 is 11.3 Å². The molecule has 2 unspecified atom stereocenters. The van der Waals surface area contributed by atoms with Gasteiger partial charge in [-0.25, -0.2) is 4.98 Å². The van der Waals surface area contributed by atoms with Gasteiger partial charge in [-0.1, -0.05) is 6.92 Å². The minimum Gasteiger partial charge on any atom is -0.308 e. The van der Waals surface area contributed by atoms with E-state index in [0.717, 1.165) is 18.9 Å². The third-order valence-electron chi connectivity index (χ3n) is 3.53. The highest BCUT2D eigenvalue weighted by Gasteiger charge is 2.19. The molecule has 0 radical (unpaired) electrons. The van der Waals surface area contributed by atoms with Gasteiger partial charge >= 0.3 is 0 Å². The van der Waals surface area contributed by atoms with Gasteiger partial charge < -0.3 is 10.2 Å². The van der Waals surface area contributed by atoms with E-state index in [1.807, 2.05) is 6.20 Å². The van der Waals surface area contributed by atoms with Crippen LogP contribution in [0.3, 0.4) is 0 Å². The Morgan fingerprint density at radius 2 is 2.53 bits per heavy atom. The van der Waals surface area contributed by atoms with Crippen LogP contribution in [0.1, 0.15) is 37.2 Å². The van der Waals surface area contributed by atoms with Crippen molar-refractivity contribution in [2.45, 2.75) is 32.2 Å². The lowest BCUT2D eigenvalue weighted by atomic mass is 9.98. The number of hydrogen-bond donors (Lipinski definition) is 1. The minimum absolute atomic E-state index is 0.447. The number of likely N-dealkylation sites (tertiary alicyclic amines) is 1. The fourth-order valence-electron chi connectivity index (χ4n) is 2.56. The van der Waals surface area contributed by atoms with Gasteiger partial charge in [0.15, 0.2) is 0 Å². The molecule has 4 heteroatoms. The van der Waals surface area contributed by atoms with Crippen LogP contribution in [0.5, 0.6) is 0 Å². The molecule has 0 bridgehead atoms. The van der Waals surface area contributed by atoms with Crippen LogP contribution < -0.4 is 5.32 Å². The zero-order valence-electron chi connectivity index (χ0n) is 10.9. The summed E-state index contributed by atoms with van der Waals surface area (Å²) >= 11 is 1.76. The maximum Gasteiger partial charge on any atom is 0.109 e. The number of aromatic nitrogens is 1. The summed E-state index contributed by atoms with van der Waals surface area (Å²) in [6.07, 6.45) is 5.73. The van der Waals surface area contributed by atoms with E-state index in [-0.39, 0.29) is 0 Å². The van der Waals surface area contributed by atoms with Gasteiger partial charge in [0.25, 0.3) is 0 Å². The second-order valence-corrected chi connectivity index (χ2v) is 5.94. The molecule has 0 aliphatic carbocycles. The molecule has 1 aliphatic heterocycles. The van der Waals surface area contributed by atoms with Crippen LogP contribution in [-0.4, -0.2) is 36.6 Å². The molecular formula is C13H23N3S. The van der Waals surface area contributed by atoms with Crippen molar-refractivity contribution < 1.29 is 0 Å². The fourth-order valence-corrected chi connectivity index (χ4v) is 3.36. The lowest BCUT2D eigenvalue weighted by Gasteiger charge is -2.30. The van der Waals surface area contributed by atoms with Gasteiger partial charge in [-0.3, -0.25) is 0 Å². The molecule has 1 fully saturated rings. The molecule has 0 spiro atoms. The van der Waals surface area contributed by atoms with Crippen LogP contribution >= 0.6 is 11.3 Å². The summed E-state index contributed by atoms with van der Waals surface area (Å²) in [7, 11) is 2.23. The molecule has 1 aromatic rings. The monoisotopic (exact) mass is 253 g/mol. The maximum atomic E-state index is 4.41. The van der Waals surface area contributed by atoms with Crippen molar-refractivity contribution in [3.63, 3.8) is 0 Å². The number of nitrogens with zero attached hydrogens (tertiary/aromatic N) is 2. The number of nitrogens with one attached hydrogen (secondary N) is 1. The summed E-state index contributed by atoms with van der Waals surface area (Å²) in [5.74, 6) is 0.808. The van der Waals surface area contributed by atoms with Crippen molar-refractivity contribution in [3.05, 3.63) is 16.6 Å². The summed E-state index contributed by atoms with van der Waals surface area (Å²) in [4.78, 5) is 6.86. The second-order valence-electron chi connectivity index (χ2n) is 5.01. The molecular weight excluding hydrogens is 230 g/mol. The first-order valence-corrected chi connectivity index (χ1v) is 7.49. The van der Waals surface area contributed by atoms with Crippen LogP contribution in [0, 0.1) is 5.92 Å². The standard InChI is InChI=1S/C13H23N3S/c1-3-12(13-14-6-8-17-13)15-9-11-5-4-7-16(2)10-11/h6,8,11-12,15H,3-5,7,9-10H2,1-2H3. The van der Waals surface area contributed by atoms with Gasteiger partial charge in [-0.15, -0.1) is 11.3 Å². The molecule has 0 saturated carbocycles. The summed E-state index contributed by atoms with van der Waals surface area (Å²) in [5.41, 5.74) is 0. The third-order valence-corrected chi connectivity index (χ3v) is 4.42. The number of hydrogen-bond acceptors (Lipinski definition) is 4. The van der Waals surface area contributed by atoms with E-state index in [2.05, 4.69) is 34.6 Å². The Hall–Kier alpha value is -0.450. The number of thiazole rings is 1. The molecule has 1 N–H and O–H groups in total. The van der Waals surface area contributed by atoms with Crippen molar-refractivity contribution in [1.29, 1.82) is 0 Å². The van der Waals surface area contributed by atoms with Crippen LogP contribution in [0.2, 0.25) is 0 Å². The Labute approximate surface area is 108 Å². The molecule has 2 heterocycles. The van der Waals surface area contributed by atoms with E-state index < -0.39 is 0 Å². The van der Waals surface area contributed by atoms with Crippen molar-refractivity contribution in [2.24, 2.45) is 5.92 Å². The van der Waals surface area contributed by atoms with Crippen LogP contribution in [0.4, 0.5) is 0 Å². The second kappa shape index (κ2) is 6.47. The van der Waals surface area contributed by atoms with Crippen LogP contribution in [0.15, 0.2) is 11.6 Å². The molecule has 0 amide bonds. The minimum atomic E-state index is 0.447. The Balaban J connectivity index is 1.80. The first-order chi connectivity index (χ1) is 8.29. The topological polar surface area (TPSA) is 28.2 Å². The zero-order valence-corrected chi connectivity index (χ0v) is 11.7. The predicted octanol–water partition coefficient (Wildman–Crippen LogP) is 2.53. The third kappa shape index (κ3) is 3.76. The Kier molecular flexibility index (Phi) is 4.95. The van der Waals surface area contributed by atoms with Gasteiger partial charge in [0.05, 0.1) is 6.04 Å². The molecule has 0 aromatic carbocycles. The lowest BCUT2D eigenvalue weighted by molar-refractivity contribution is 0.202. The van der Waals surface area contributed by atoms with E-state index in [1.165, 1.54) is 30.9 Å². The lowest BCUT2D eigenvalue weighted by Crippen LogP contribution is -2.38. The first kappa shape index (κ1) is 13.0. The molecule has 1 aliphatic rings. The van der Waals surface area contributed by atoms with Crippen LogP contribution in [-0.2, 0) is 0 Å². The van der Waals surface area contributed by atoms with Gasteiger partial charge in [0.2, 0.25) is 0 Å². The Morgan fingerprint density at radius 1 is 1.65 bits per heavy atom. The Morgan fingerprint density at radius 3 is 3.18 bits per heavy atom. The molecule has 17 heavy (non-hydrogen) atoms. The van der Waals surface area contributed by atoms with E-state index in [0.29, 0.717) is 6.04 Å². The normalized spacial score (nSPS) is 23.8. The van der Waals surface area contributed by atoms with Gasteiger partial charge in [0, 0.05) is 18.1 Å². The average Bonchev–Trinajstić information content (AvgIpc) is 2.84. The molecule has 96 valence electrons. The Bertz CT molecular complexity index is 312. The van der Waals surface area contributed by atoms with E-state index >= 15 is 0 Å². The van der Waals surface area contributed by atoms with E-state index in [4.69, 9.17) is 0 Å². The number of rotatable bonds is 5. The summed E-state index contributed by atoms with van der Waals surface area (Å²) in [6.45, 7) is 5.86. The van der Waals surface area contributed by atoms with E-state index in [1.54, 1.807) is 11.3 Å². The summed E-state index contributed by atoms with van der Waals surface area (Å²) in [6, 6.07) is 0.447. The van der Waals surface area contributed by atoms with Crippen molar-refractivity contribution in [3.8, 4) is 0 Å². The SMILES string of the molecule is CCC(NCC1CCCN(C)C1)c1nccs1.